The van der Waals surface area contributed by atoms with Crippen LogP contribution in [0.5, 0.6) is 5.75 Å². The van der Waals surface area contributed by atoms with Gasteiger partial charge in [0, 0.05) is 29.2 Å². The van der Waals surface area contributed by atoms with E-state index in [1.54, 1.807) is 12.1 Å². The Kier molecular flexibility index (Phi) is 6.37. The Balaban J connectivity index is 1.52. The fourth-order valence-electron chi connectivity index (χ4n) is 3.78. The molecule has 0 bridgehead atoms. The summed E-state index contributed by atoms with van der Waals surface area (Å²) < 4.78 is 8.09. The smallest absolute Gasteiger partial charge is 0.290 e. The number of ether oxygens (including phenoxy) is 1. The largest absolute Gasteiger partial charge is 0.489 e. The normalized spacial score (nSPS) is 14.7. The maximum atomic E-state index is 12.1. The number of benzene rings is 3. The van der Waals surface area contributed by atoms with Crippen LogP contribution in [0.1, 0.15) is 16.7 Å². The summed E-state index contributed by atoms with van der Waals surface area (Å²) in [4.78, 5) is 24.1. The Morgan fingerprint density at radius 3 is 2.50 bits per heavy atom. The molecule has 0 saturated carbocycles. The number of fused-ring (bicyclic) bond motifs is 1. The van der Waals surface area contributed by atoms with Gasteiger partial charge in [-0.25, -0.2) is 0 Å². The van der Waals surface area contributed by atoms with E-state index in [0.29, 0.717) is 33.9 Å². The number of imide groups is 1. The summed E-state index contributed by atoms with van der Waals surface area (Å²) in [5.41, 5.74) is 3.82. The average molecular weight is 509 g/mol. The zero-order valence-corrected chi connectivity index (χ0v) is 20.1. The van der Waals surface area contributed by atoms with Crippen molar-refractivity contribution in [1.29, 1.82) is 0 Å². The number of carbonyl (C=O) groups is 2. The lowest BCUT2D eigenvalue weighted by molar-refractivity contribution is -0.115. The quantitative estimate of drug-likeness (QED) is 0.287. The lowest BCUT2D eigenvalue weighted by atomic mass is 10.1. The molecule has 1 aliphatic rings. The van der Waals surface area contributed by atoms with Crippen LogP contribution >= 0.6 is 35.0 Å². The molecule has 2 heterocycles. The highest BCUT2D eigenvalue weighted by Crippen LogP contribution is 2.33. The molecule has 0 aliphatic carbocycles. The molecular weight excluding hydrogens is 491 g/mol. The predicted molar refractivity (Wildman–Crippen MR) is 137 cm³/mol. The number of aromatic nitrogens is 1. The van der Waals surface area contributed by atoms with Crippen LogP contribution in [0.4, 0.5) is 4.79 Å². The van der Waals surface area contributed by atoms with Crippen molar-refractivity contribution >= 4 is 63.1 Å². The molecular formula is C26H18Cl2N2O3S. The maximum Gasteiger partial charge on any atom is 0.290 e. The highest BCUT2D eigenvalue weighted by atomic mass is 35.5. The maximum absolute atomic E-state index is 12.1. The molecule has 0 radical (unpaired) electrons. The summed E-state index contributed by atoms with van der Waals surface area (Å²) in [6.07, 6.45) is 3.69. The van der Waals surface area contributed by atoms with Crippen molar-refractivity contribution in [2.75, 3.05) is 0 Å². The van der Waals surface area contributed by atoms with Gasteiger partial charge in [-0.1, -0.05) is 59.6 Å². The van der Waals surface area contributed by atoms with Crippen LogP contribution in [0.2, 0.25) is 10.0 Å². The molecule has 0 atom stereocenters. The van der Waals surface area contributed by atoms with E-state index in [9.17, 15) is 9.59 Å². The minimum Gasteiger partial charge on any atom is -0.489 e. The van der Waals surface area contributed by atoms with Gasteiger partial charge in [0.25, 0.3) is 11.1 Å². The number of hydrogen-bond donors (Lipinski definition) is 1. The number of hydrogen-bond acceptors (Lipinski definition) is 4. The Hall–Kier alpha value is -3.19. The molecule has 1 N–H and O–H groups in total. The van der Waals surface area contributed by atoms with Crippen molar-refractivity contribution in [2.24, 2.45) is 0 Å². The molecule has 5 nitrogen and oxygen atoms in total. The zero-order valence-electron chi connectivity index (χ0n) is 17.8. The minimum atomic E-state index is -0.392. The van der Waals surface area contributed by atoms with Crippen LogP contribution in [0.15, 0.2) is 77.8 Å². The highest BCUT2D eigenvalue weighted by molar-refractivity contribution is 8.18. The van der Waals surface area contributed by atoms with Crippen LogP contribution in [0.25, 0.3) is 17.0 Å². The van der Waals surface area contributed by atoms with Crippen molar-refractivity contribution in [3.05, 3.63) is 105 Å². The SMILES string of the molecule is O=C1NC(=O)/C(=C/c2cn(Cc3ccc(Cl)c(Cl)c3)c3ccc(OCc4ccccc4)cc23)S1. The molecule has 8 heteroatoms. The van der Waals surface area contributed by atoms with E-state index in [0.717, 1.165) is 39.4 Å². The molecule has 3 aromatic carbocycles. The third-order valence-corrected chi connectivity index (χ3v) is 6.95. The van der Waals surface area contributed by atoms with Crippen molar-refractivity contribution in [3.63, 3.8) is 0 Å². The van der Waals surface area contributed by atoms with Crippen LogP contribution in [-0.4, -0.2) is 15.7 Å². The number of amides is 2. The van der Waals surface area contributed by atoms with Gasteiger partial charge in [0.1, 0.15) is 12.4 Å². The number of nitrogens with zero attached hydrogens (tertiary/aromatic N) is 1. The van der Waals surface area contributed by atoms with Gasteiger partial charge in [0.2, 0.25) is 0 Å². The van der Waals surface area contributed by atoms with Crippen LogP contribution in [0, 0.1) is 0 Å². The first-order chi connectivity index (χ1) is 16.5. The summed E-state index contributed by atoms with van der Waals surface area (Å²) >= 11 is 13.2. The van der Waals surface area contributed by atoms with E-state index >= 15 is 0 Å². The lowest BCUT2D eigenvalue weighted by Gasteiger charge is -2.09. The summed E-state index contributed by atoms with van der Waals surface area (Å²) in [6.45, 7) is 0.999. The number of halogens is 2. The second-order valence-electron chi connectivity index (χ2n) is 7.77. The molecule has 2 amide bonds. The molecule has 5 rings (SSSR count). The van der Waals surface area contributed by atoms with E-state index < -0.39 is 5.91 Å². The molecule has 0 unspecified atom stereocenters. The second-order valence-corrected chi connectivity index (χ2v) is 9.60. The number of thioether (sulfide) groups is 1. The van der Waals surface area contributed by atoms with Crippen LogP contribution in [-0.2, 0) is 17.9 Å². The van der Waals surface area contributed by atoms with Gasteiger partial charge in [-0.05, 0) is 59.3 Å². The average Bonchev–Trinajstić information content (AvgIpc) is 3.33. The van der Waals surface area contributed by atoms with Crippen molar-refractivity contribution in [2.45, 2.75) is 13.2 Å². The first kappa shape index (κ1) is 22.6. The van der Waals surface area contributed by atoms with Crippen molar-refractivity contribution in [1.82, 2.24) is 9.88 Å². The Morgan fingerprint density at radius 1 is 0.941 bits per heavy atom. The van der Waals surface area contributed by atoms with Gasteiger partial charge in [-0.2, -0.15) is 0 Å². The van der Waals surface area contributed by atoms with Gasteiger partial charge >= 0.3 is 0 Å². The topological polar surface area (TPSA) is 60.3 Å². The van der Waals surface area contributed by atoms with Crippen molar-refractivity contribution in [3.8, 4) is 5.75 Å². The van der Waals surface area contributed by atoms with Gasteiger partial charge in [0.05, 0.1) is 15.0 Å². The third kappa shape index (κ3) is 4.85. The molecule has 0 spiro atoms. The Bertz CT molecular complexity index is 1450. The fourth-order valence-corrected chi connectivity index (χ4v) is 4.77. The molecule has 4 aromatic rings. The predicted octanol–water partition coefficient (Wildman–Crippen LogP) is 6.90. The summed E-state index contributed by atoms with van der Waals surface area (Å²) in [5, 5.41) is 3.83. The van der Waals surface area contributed by atoms with E-state index in [2.05, 4.69) is 9.88 Å². The minimum absolute atomic E-state index is 0.356. The van der Waals surface area contributed by atoms with E-state index in [1.807, 2.05) is 66.9 Å². The van der Waals surface area contributed by atoms with Crippen LogP contribution in [0.3, 0.4) is 0 Å². The molecule has 34 heavy (non-hydrogen) atoms. The van der Waals surface area contributed by atoms with Crippen molar-refractivity contribution < 1.29 is 14.3 Å². The van der Waals surface area contributed by atoms with E-state index in [1.165, 1.54) is 0 Å². The van der Waals surface area contributed by atoms with Crippen LogP contribution < -0.4 is 10.1 Å². The van der Waals surface area contributed by atoms with Gasteiger partial charge < -0.3 is 9.30 Å². The number of nitrogens with one attached hydrogen (secondary N) is 1. The summed E-state index contributed by atoms with van der Waals surface area (Å²) in [5.74, 6) is 0.319. The standard InChI is InChI=1S/C26H18Cl2N2O3S/c27-21-8-6-17(10-22(21)28)13-30-14-18(11-24-25(31)29-26(32)34-24)20-12-19(7-9-23(20)30)33-15-16-4-2-1-3-5-16/h1-12,14H,13,15H2,(H,29,31,32)/b24-11-. The molecule has 1 saturated heterocycles. The second kappa shape index (κ2) is 9.58. The van der Waals surface area contributed by atoms with E-state index in [-0.39, 0.29) is 5.24 Å². The summed E-state index contributed by atoms with van der Waals surface area (Å²) in [6, 6.07) is 21.3. The molecule has 1 fully saturated rings. The number of rotatable bonds is 6. The third-order valence-electron chi connectivity index (χ3n) is 5.40. The van der Waals surface area contributed by atoms with Gasteiger partial charge in [0.15, 0.2) is 0 Å². The molecule has 1 aliphatic heterocycles. The monoisotopic (exact) mass is 508 g/mol. The Morgan fingerprint density at radius 2 is 1.76 bits per heavy atom. The molecule has 170 valence electrons. The lowest BCUT2D eigenvalue weighted by Crippen LogP contribution is -2.17. The molecule has 1 aromatic heterocycles. The highest BCUT2D eigenvalue weighted by Gasteiger charge is 2.25. The number of carbonyl (C=O) groups excluding carboxylic acids is 2. The fraction of sp³-hybridized carbons (Fsp3) is 0.0769. The first-order valence-corrected chi connectivity index (χ1v) is 12.0. The van der Waals surface area contributed by atoms with E-state index in [4.69, 9.17) is 27.9 Å². The summed E-state index contributed by atoms with van der Waals surface area (Å²) in [7, 11) is 0. The van der Waals surface area contributed by atoms with Gasteiger partial charge in [-0.15, -0.1) is 0 Å². The Labute approximate surface area is 210 Å². The zero-order chi connectivity index (χ0) is 23.7. The first-order valence-electron chi connectivity index (χ1n) is 10.4. The van der Waals surface area contributed by atoms with Gasteiger partial charge in [-0.3, -0.25) is 14.9 Å².